The smallest absolute Gasteiger partial charge is 0.246 e. The van der Waals surface area contributed by atoms with E-state index in [2.05, 4.69) is 0 Å². The van der Waals surface area contributed by atoms with Gasteiger partial charge >= 0.3 is 0 Å². The van der Waals surface area contributed by atoms with Crippen LogP contribution in [0.15, 0.2) is 0 Å². The molecule has 0 aromatic heterocycles. The minimum absolute atomic E-state index is 0.138. The highest BCUT2D eigenvalue weighted by Gasteiger charge is 2.35. The Hall–Kier alpha value is -0.900. The Morgan fingerprint density at radius 1 is 1.58 bits per heavy atom. The quantitative estimate of drug-likeness (QED) is 0.580. The number of imide groups is 1. The monoisotopic (exact) mass is 170 g/mol. The molecule has 2 N–H and O–H groups in total. The van der Waals surface area contributed by atoms with Gasteiger partial charge in [-0.25, -0.2) is 0 Å². The van der Waals surface area contributed by atoms with E-state index in [1.165, 1.54) is 4.90 Å². The van der Waals surface area contributed by atoms with Crippen LogP contribution in [0.1, 0.15) is 20.3 Å². The average molecular weight is 170 g/mol. The molecule has 1 saturated heterocycles. The van der Waals surface area contributed by atoms with Crippen molar-refractivity contribution in [3.05, 3.63) is 0 Å². The summed E-state index contributed by atoms with van der Waals surface area (Å²) in [6, 6.07) is -0.601. The lowest BCUT2D eigenvalue weighted by Gasteiger charge is -2.15. The van der Waals surface area contributed by atoms with Gasteiger partial charge in [0, 0.05) is 6.54 Å². The van der Waals surface area contributed by atoms with Crippen molar-refractivity contribution < 1.29 is 9.59 Å². The molecular formula is C8H14N2O2. The Kier molecular flexibility index (Phi) is 2.47. The van der Waals surface area contributed by atoms with Crippen LogP contribution in [0.25, 0.3) is 0 Å². The number of nitrogens with zero attached hydrogens (tertiary/aromatic N) is 1. The zero-order valence-electron chi connectivity index (χ0n) is 7.41. The van der Waals surface area contributed by atoms with Crippen LogP contribution >= 0.6 is 0 Å². The molecule has 0 bridgehead atoms. The van der Waals surface area contributed by atoms with E-state index in [4.69, 9.17) is 5.73 Å². The fourth-order valence-corrected chi connectivity index (χ4v) is 1.27. The molecule has 4 heteroatoms. The van der Waals surface area contributed by atoms with Gasteiger partial charge in [0.2, 0.25) is 11.8 Å². The van der Waals surface area contributed by atoms with Crippen LogP contribution in [0.5, 0.6) is 0 Å². The van der Waals surface area contributed by atoms with Crippen LogP contribution in [-0.4, -0.2) is 29.3 Å². The van der Waals surface area contributed by atoms with E-state index in [1.54, 1.807) is 0 Å². The van der Waals surface area contributed by atoms with Gasteiger partial charge in [0.15, 0.2) is 0 Å². The van der Waals surface area contributed by atoms with Gasteiger partial charge in [0.05, 0.1) is 12.5 Å². The zero-order valence-corrected chi connectivity index (χ0v) is 7.41. The molecule has 2 amide bonds. The summed E-state index contributed by atoms with van der Waals surface area (Å²) in [7, 11) is 0. The molecule has 0 radical (unpaired) electrons. The van der Waals surface area contributed by atoms with E-state index in [0.29, 0.717) is 12.5 Å². The van der Waals surface area contributed by atoms with E-state index in [-0.39, 0.29) is 18.2 Å². The van der Waals surface area contributed by atoms with E-state index in [9.17, 15) is 9.59 Å². The summed E-state index contributed by atoms with van der Waals surface area (Å²) in [6.45, 7) is 4.42. The number of likely N-dealkylation sites (tertiary alicyclic amines) is 1. The molecule has 0 spiro atoms. The molecule has 68 valence electrons. The molecular weight excluding hydrogens is 156 g/mol. The number of amides is 2. The summed E-state index contributed by atoms with van der Waals surface area (Å²) in [5, 5.41) is 0. The topological polar surface area (TPSA) is 63.4 Å². The Labute approximate surface area is 71.7 Å². The normalized spacial score (nSPS) is 24.3. The lowest BCUT2D eigenvalue weighted by atomic mass is 10.2. The number of carbonyl (C=O) groups is 2. The molecule has 0 aromatic rings. The van der Waals surface area contributed by atoms with Crippen LogP contribution in [-0.2, 0) is 9.59 Å². The summed E-state index contributed by atoms with van der Waals surface area (Å²) in [4.78, 5) is 23.6. The predicted octanol–water partition coefficient (Wildman–Crippen LogP) is -0.271. The second kappa shape index (κ2) is 3.23. The van der Waals surface area contributed by atoms with E-state index in [1.807, 2.05) is 13.8 Å². The van der Waals surface area contributed by atoms with Crippen LogP contribution < -0.4 is 5.73 Å². The maximum Gasteiger partial charge on any atom is 0.246 e. The lowest BCUT2D eigenvalue weighted by Crippen LogP contribution is -2.37. The maximum atomic E-state index is 11.2. The Bertz CT molecular complexity index is 213. The maximum absolute atomic E-state index is 11.2. The number of carbonyl (C=O) groups excluding carboxylic acids is 2. The minimum atomic E-state index is -0.601. The summed E-state index contributed by atoms with van der Waals surface area (Å²) in [5.41, 5.74) is 5.42. The average Bonchev–Trinajstić information content (AvgIpc) is 2.16. The van der Waals surface area contributed by atoms with Crippen molar-refractivity contribution in [3.63, 3.8) is 0 Å². The second-order valence-electron chi connectivity index (χ2n) is 3.55. The van der Waals surface area contributed by atoms with Crippen molar-refractivity contribution in [3.8, 4) is 0 Å². The van der Waals surface area contributed by atoms with Crippen LogP contribution in [0.2, 0.25) is 0 Å². The minimum Gasteiger partial charge on any atom is -0.319 e. The van der Waals surface area contributed by atoms with Gasteiger partial charge in [0.1, 0.15) is 0 Å². The van der Waals surface area contributed by atoms with E-state index < -0.39 is 6.04 Å². The number of hydrogen-bond acceptors (Lipinski definition) is 3. The van der Waals surface area contributed by atoms with Gasteiger partial charge in [-0.15, -0.1) is 0 Å². The SMILES string of the molecule is CC(C)CN1C(=O)C[C@H](N)C1=O. The standard InChI is InChI=1S/C8H14N2O2/c1-5(2)4-10-7(11)3-6(9)8(10)12/h5-6H,3-4,9H2,1-2H3/t6-/m0/s1. The lowest BCUT2D eigenvalue weighted by molar-refractivity contribution is -0.139. The van der Waals surface area contributed by atoms with Gasteiger partial charge in [-0.3, -0.25) is 14.5 Å². The predicted molar refractivity (Wildman–Crippen MR) is 44.2 cm³/mol. The third-order valence-corrected chi connectivity index (χ3v) is 1.83. The first-order chi connectivity index (χ1) is 5.52. The third-order valence-electron chi connectivity index (χ3n) is 1.83. The second-order valence-corrected chi connectivity index (χ2v) is 3.55. The summed E-state index contributed by atoms with van der Waals surface area (Å²) in [5.74, 6) is -0.0573. The van der Waals surface area contributed by atoms with Crippen molar-refractivity contribution in [2.75, 3.05) is 6.54 Å². The number of nitrogens with two attached hydrogens (primary N) is 1. The molecule has 0 aliphatic carbocycles. The Balaban J connectivity index is 2.64. The summed E-state index contributed by atoms with van der Waals surface area (Å²) in [6.07, 6.45) is 0.172. The van der Waals surface area contributed by atoms with Crippen LogP contribution in [0, 0.1) is 5.92 Å². The Morgan fingerprint density at radius 2 is 2.17 bits per heavy atom. The molecule has 0 unspecified atom stereocenters. The van der Waals surface area contributed by atoms with Gasteiger partial charge in [-0.1, -0.05) is 13.8 Å². The fourth-order valence-electron chi connectivity index (χ4n) is 1.27. The van der Waals surface area contributed by atoms with Gasteiger partial charge in [0.25, 0.3) is 0 Å². The molecule has 1 atom stereocenters. The van der Waals surface area contributed by atoms with E-state index in [0.717, 1.165) is 0 Å². The largest absolute Gasteiger partial charge is 0.319 e. The highest BCUT2D eigenvalue weighted by molar-refractivity contribution is 6.05. The van der Waals surface area contributed by atoms with Crippen molar-refractivity contribution in [1.29, 1.82) is 0 Å². The fraction of sp³-hybridized carbons (Fsp3) is 0.750. The van der Waals surface area contributed by atoms with Crippen LogP contribution in [0.4, 0.5) is 0 Å². The first-order valence-electron chi connectivity index (χ1n) is 4.12. The third kappa shape index (κ3) is 1.64. The first-order valence-corrected chi connectivity index (χ1v) is 4.12. The van der Waals surface area contributed by atoms with E-state index >= 15 is 0 Å². The highest BCUT2D eigenvalue weighted by atomic mass is 16.2. The van der Waals surface area contributed by atoms with Crippen molar-refractivity contribution in [2.45, 2.75) is 26.3 Å². The van der Waals surface area contributed by atoms with Gasteiger partial charge in [-0.2, -0.15) is 0 Å². The number of hydrogen-bond donors (Lipinski definition) is 1. The molecule has 1 aliphatic rings. The van der Waals surface area contributed by atoms with Gasteiger partial charge < -0.3 is 5.73 Å². The molecule has 12 heavy (non-hydrogen) atoms. The molecule has 1 fully saturated rings. The first kappa shape index (κ1) is 9.19. The number of rotatable bonds is 2. The molecule has 0 aromatic carbocycles. The summed E-state index contributed by atoms with van der Waals surface area (Å²) >= 11 is 0. The van der Waals surface area contributed by atoms with Gasteiger partial charge in [-0.05, 0) is 5.92 Å². The molecule has 1 heterocycles. The molecule has 4 nitrogen and oxygen atoms in total. The highest BCUT2D eigenvalue weighted by Crippen LogP contribution is 2.12. The van der Waals surface area contributed by atoms with Crippen molar-refractivity contribution in [2.24, 2.45) is 11.7 Å². The summed E-state index contributed by atoms with van der Waals surface area (Å²) < 4.78 is 0. The molecule has 1 rings (SSSR count). The van der Waals surface area contributed by atoms with Crippen LogP contribution in [0.3, 0.4) is 0 Å². The molecule has 0 saturated carbocycles. The van der Waals surface area contributed by atoms with Crippen molar-refractivity contribution >= 4 is 11.8 Å². The Morgan fingerprint density at radius 3 is 2.50 bits per heavy atom. The molecule has 1 aliphatic heterocycles. The van der Waals surface area contributed by atoms with Crippen molar-refractivity contribution in [1.82, 2.24) is 4.90 Å². The zero-order chi connectivity index (χ0) is 9.30.